The predicted molar refractivity (Wildman–Crippen MR) is 128 cm³/mol. The number of amides is 1. The molecule has 3 aromatic carbocycles. The van der Waals surface area contributed by atoms with E-state index in [1.165, 1.54) is 31.4 Å². The third kappa shape index (κ3) is 4.85. The van der Waals surface area contributed by atoms with Gasteiger partial charge >= 0.3 is 0 Å². The molecule has 0 spiro atoms. The lowest BCUT2D eigenvalue weighted by Gasteiger charge is -2.14. The van der Waals surface area contributed by atoms with Crippen molar-refractivity contribution in [2.75, 3.05) is 17.1 Å². The van der Waals surface area contributed by atoms with Crippen molar-refractivity contribution in [3.63, 3.8) is 0 Å². The van der Waals surface area contributed by atoms with Crippen LogP contribution in [0.15, 0.2) is 76.4 Å². The average molecular weight is 500 g/mol. The second-order valence-corrected chi connectivity index (χ2v) is 9.13. The number of anilines is 2. The number of rotatable bonds is 7. The second-order valence-electron chi connectivity index (χ2n) is 7.07. The van der Waals surface area contributed by atoms with Crippen molar-refractivity contribution in [2.45, 2.75) is 11.4 Å². The molecular weight excluding hydrogens is 482 g/mol. The summed E-state index contributed by atoms with van der Waals surface area (Å²) >= 11 is 6.06. The first-order valence-corrected chi connectivity index (χ1v) is 11.7. The average Bonchev–Trinajstić information content (AvgIpc) is 2.82. The lowest BCUT2D eigenvalue weighted by molar-refractivity contribution is -0.117. The molecule has 0 aliphatic heterocycles. The molecule has 0 aliphatic carbocycles. The maximum atomic E-state index is 13.0. The van der Waals surface area contributed by atoms with E-state index < -0.39 is 28.0 Å². The molecule has 0 bridgehead atoms. The quantitative estimate of drug-likeness (QED) is 0.399. The van der Waals surface area contributed by atoms with Gasteiger partial charge < -0.3 is 10.1 Å². The molecule has 0 unspecified atom stereocenters. The van der Waals surface area contributed by atoms with E-state index in [1.807, 2.05) is 0 Å². The number of hydrogen-bond acceptors (Lipinski definition) is 7. The molecular formula is C22H18ClN5O5S. The highest BCUT2D eigenvalue weighted by Crippen LogP contribution is 2.30. The number of benzene rings is 3. The van der Waals surface area contributed by atoms with E-state index in [-0.39, 0.29) is 27.0 Å². The maximum Gasteiger partial charge on any atom is 0.278 e. The number of para-hydroxylation sites is 1. The lowest BCUT2D eigenvalue weighted by atomic mass is 10.2. The molecule has 0 radical (unpaired) electrons. The Balaban J connectivity index is 1.58. The normalized spacial score (nSPS) is 11.2. The maximum absolute atomic E-state index is 13.0. The minimum atomic E-state index is -4.12. The number of nitrogens with zero attached hydrogens (tertiary/aromatic N) is 3. The van der Waals surface area contributed by atoms with Gasteiger partial charge in [-0.2, -0.15) is 0 Å². The number of halogens is 1. The van der Waals surface area contributed by atoms with Crippen molar-refractivity contribution < 1.29 is 17.9 Å². The smallest absolute Gasteiger partial charge is 0.278 e. The molecule has 2 N–H and O–H groups in total. The largest absolute Gasteiger partial charge is 0.495 e. The van der Waals surface area contributed by atoms with Gasteiger partial charge in [-0.3, -0.25) is 14.3 Å². The van der Waals surface area contributed by atoms with Gasteiger partial charge in [0.05, 0.1) is 23.2 Å². The summed E-state index contributed by atoms with van der Waals surface area (Å²) in [5.74, 6) is -0.534. The molecule has 0 aliphatic rings. The summed E-state index contributed by atoms with van der Waals surface area (Å²) in [6, 6.07) is 17.1. The summed E-state index contributed by atoms with van der Waals surface area (Å²) in [6.07, 6.45) is 0. The highest BCUT2D eigenvalue weighted by Gasteiger charge is 2.22. The van der Waals surface area contributed by atoms with Gasteiger partial charge in [0.2, 0.25) is 5.91 Å². The minimum Gasteiger partial charge on any atom is -0.495 e. The number of nitrogens with one attached hydrogen (secondary N) is 2. The van der Waals surface area contributed by atoms with E-state index in [0.717, 1.165) is 4.68 Å². The number of aromatic nitrogens is 3. The summed E-state index contributed by atoms with van der Waals surface area (Å²) in [6.45, 7) is -0.414. The number of hydrogen-bond donors (Lipinski definition) is 2. The highest BCUT2D eigenvalue weighted by atomic mass is 35.5. The number of fused-ring (bicyclic) bond motifs is 1. The van der Waals surface area contributed by atoms with E-state index in [9.17, 15) is 18.0 Å². The van der Waals surface area contributed by atoms with Gasteiger partial charge in [-0.25, -0.2) is 13.1 Å². The number of carbonyl (C=O) groups is 1. The molecule has 10 nitrogen and oxygen atoms in total. The van der Waals surface area contributed by atoms with Crippen LogP contribution in [-0.2, 0) is 21.4 Å². The van der Waals surface area contributed by atoms with Gasteiger partial charge in [0.25, 0.3) is 15.6 Å². The minimum absolute atomic E-state index is 0.0640. The van der Waals surface area contributed by atoms with Crippen molar-refractivity contribution in [2.24, 2.45) is 0 Å². The lowest BCUT2D eigenvalue weighted by Crippen LogP contribution is -2.30. The summed E-state index contributed by atoms with van der Waals surface area (Å²) in [5, 5.41) is 10.8. The molecule has 4 rings (SSSR count). The Labute approximate surface area is 199 Å². The van der Waals surface area contributed by atoms with Gasteiger partial charge in [0, 0.05) is 5.69 Å². The zero-order chi connectivity index (χ0) is 24.3. The first-order chi connectivity index (χ1) is 16.3. The topological polar surface area (TPSA) is 132 Å². The van der Waals surface area contributed by atoms with Crippen LogP contribution in [0, 0.1) is 0 Å². The Morgan fingerprint density at radius 3 is 2.59 bits per heavy atom. The van der Waals surface area contributed by atoms with Crippen LogP contribution in [0.1, 0.15) is 0 Å². The summed E-state index contributed by atoms with van der Waals surface area (Å²) in [4.78, 5) is 24.9. The van der Waals surface area contributed by atoms with Crippen molar-refractivity contribution in [3.05, 3.63) is 82.1 Å². The Morgan fingerprint density at radius 2 is 1.82 bits per heavy atom. The molecule has 0 fully saturated rings. The second kappa shape index (κ2) is 9.49. The Kier molecular flexibility index (Phi) is 6.48. The first kappa shape index (κ1) is 23.2. The van der Waals surface area contributed by atoms with E-state index in [0.29, 0.717) is 10.9 Å². The van der Waals surface area contributed by atoms with Crippen LogP contribution in [0.3, 0.4) is 0 Å². The third-order valence-electron chi connectivity index (χ3n) is 4.78. The van der Waals surface area contributed by atoms with Crippen molar-refractivity contribution >= 4 is 49.8 Å². The van der Waals surface area contributed by atoms with Gasteiger partial charge in [-0.15, -0.1) is 5.10 Å². The predicted octanol–water partition coefficient (Wildman–Crippen LogP) is 2.89. The Hall–Kier alpha value is -3.96. The van der Waals surface area contributed by atoms with Crippen LogP contribution in [0.25, 0.3) is 10.9 Å². The first-order valence-electron chi connectivity index (χ1n) is 9.86. The van der Waals surface area contributed by atoms with Crippen molar-refractivity contribution in [1.82, 2.24) is 15.0 Å². The van der Waals surface area contributed by atoms with Crippen LogP contribution in [0.2, 0.25) is 5.02 Å². The van der Waals surface area contributed by atoms with Crippen LogP contribution in [0.4, 0.5) is 11.4 Å². The van der Waals surface area contributed by atoms with Crippen LogP contribution >= 0.6 is 11.6 Å². The van der Waals surface area contributed by atoms with Gasteiger partial charge in [-0.05, 0) is 42.5 Å². The molecule has 12 heteroatoms. The summed E-state index contributed by atoms with van der Waals surface area (Å²) in [5.41, 5.74) is 0.310. The zero-order valence-electron chi connectivity index (χ0n) is 17.7. The van der Waals surface area contributed by atoms with Crippen LogP contribution < -0.4 is 20.3 Å². The van der Waals surface area contributed by atoms with Gasteiger partial charge in [-0.1, -0.05) is 41.1 Å². The fraction of sp³-hybridized carbons (Fsp3) is 0.0909. The number of sulfonamides is 1. The fourth-order valence-electron chi connectivity index (χ4n) is 3.17. The van der Waals surface area contributed by atoms with E-state index >= 15 is 0 Å². The number of methoxy groups -OCH3 is 1. The summed E-state index contributed by atoms with van der Waals surface area (Å²) < 4.78 is 34.5. The van der Waals surface area contributed by atoms with Gasteiger partial charge in [0.15, 0.2) is 0 Å². The molecule has 1 heterocycles. The Bertz CT molecular complexity index is 1560. The molecule has 1 amide bonds. The molecule has 0 atom stereocenters. The standard InChI is InChI=1S/C22H18ClN5O5S/c1-33-19-11-10-14(12-20(19)34(31,32)26-18-9-5-3-7-16(18)23)24-21(29)13-28-22(30)15-6-2-4-8-17(15)25-27-28/h2-12,26H,13H2,1H3,(H,24,29). The van der Waals surface area contributed by atoms with E-state index in [2.05, 4.69) is 20.4 Å². The highest BCUT2D eigenvalue weighted by molar-refractivity contribution is 7.92. The number of ether oxygens (including phenoxy) is 1. The van der Waals surface area contributed by atoms with Crippen LogP contribution in [-0.4, -0.2) is 36.4 Å². The Morgan fingerprint density at radius 1 is 1.09 bits per heavy atom. The SMILES string of the molecule is COc1ccc(NC(=O)Cn2nnc3ccccc3c2=O)cc1S(=O)(=O)Nc1ccccc1Cl. The molecule has 174 valence electrons. The van der Waals surface area contributed by atoms with Gasteiger partial charge in [0.1, 0.15) is 22.7 Å². The summed E-state index contributed by atoms with van der Waals surface area (Å²) in [7, 11) is -2.79. The van der Waals surface area contributed by atoms with Crippen molar-refractivity contribution in [1.29, 1.82) is 0 Å². The zero-order valence-corrected chi connectivity index (χ0v) is 19.3. The van der Waals surface area contributed by atoms with Crippen LogP contribution in [0.5, 0.6) is 5.75 Å². The van der Waals surface area contributed by atoms with Crippen molar-refractivity contribution in [3.8, 4) is 5.75 Å². The molecule has 4 aromatic rings. The molecule has 0 saturated carbocycles. The molecule has 0 saturated heterocycles. The number of carbonyl (C=O) groups excluding carboxylic acids is 1. The third-order valence-corrected chi connectivity index (χ3v) is 6.49. The monoisotopic (exact) mass is 499 g/mol. The molecule has 1 aromatic heterocycles. The van der Waals surface area contributed by atoms with E-state index in [1.54, 1.807) is 42.5 Å². The molecule has 34 heavy (non-hydrogen) atoms. The fourth-order valence-corrected chi connectivity index (χ4v) is 4.69. The van der Waals surface area contributed by atoms with E-state index in [4.69, 9.17) is 16.3 Å².